The monoisotopic (exact) mass is 232 g/mol. The largest absolute Gasteiger partial charge is 0.299 e. The van der Waals surface area contributed by atoms with Gasteiger partial charge in [-0.05, 0) is 24.8 Å². The Morgan fingerprint density at radius 2 is 2.38 bits per heavy atom. The third-order valence-electron chi connectivity index (χ3n) is 3.16. The van der Waals surface area contributed by atoms with Crippen LogP contribution in [0.2, 0.25) is 6.32 Å². The van der Waals surface area contributed by atoms with Crippen LogP contribution in [0.3, 0.4) is 0 Å². The lowest BCUT2D eigenvalue weighted by Crippen LogP contribution is -2.20. The van der Waals surface area contributed by atoms with Crippen molar-refractivity contribution in [1.82, 2.24) is 9.55 Å². The summed E-state index contributed by atoms with van der Waals surface area (Å²) in [6.07, 6.45) is 6.05. The summed E-state index contributed by atoms with van der Waals surface area (Å²) < 4.78 is 1.74. The van der Waals surface area contributed by atoms with Gasteiger partial charge in [-0.3, -0.25) is 9.36 Å². The second-order valence-electron chi connectivity index (χ2n) is 4.28. The molecule has 0 radical (unpaired) electrons. The zero-order chi connectivity index (χ0) is 11.1. The van der Waals surface area contributed by atoms with Gasteiger partial charge in [0.2, 0.25) is 0 Å². The van der Waals surface area contributed by atoms with Crippen LogP contribution in [0.5, 0.6) is 0 Å². The third kappa shape index (κ3) is 1.34. The molecule has 0 saturated heterocycles. The van der Waals surface area contributed by atoms with Crippen LogP contribution < -0.4 is 5.56 Å². The quantitative estimate of drug-likeness (QED) is 0.724. The molecule has 0 saturated carbocycles. The van der Waals surface area contributed by atoms with Gasteiger partial charge in [-0.15, -0.1) is 11.3 Å². The van der Waals surface area contributed by atoms with Gasteiger partial charge in [0.25, 0.3) is 5.56 Å². The van der Waals surface area contributed by atoms with E-state index in [0.29, 0.717) is 0 Å². The summed E-state index contributed by atoms with van der Waals surface area (Å²) in [6.45, 7) is 0.770. The first kappa shape index (κ1) is 10.1. The average molecular weight is 232 g/mol. The fourth-order valence-electron chi connectivity index (χ4n) is 2.42. The number of aromatic nitrogens is 2. The maximum atomic E-state index is 12.3. The smallest absolute Gasteiger partial charge is 0.262 e. The minimum atomic E-state index is 0.159. The molecule has 0 bridgehead atoms. The number of rotatable bonds is 2. The van der Waals surface area contributed by atoms with E-state index < -0.39 is 0 Å². The van der Waals surface area contributed by atoms with E-state index in [2.05, 4.69) is 12.8 Å². The first-order chi connectivity index (χ1) is 7.81. The Kier molecular flexibility index (Phi) is 2.35. The van der Waals surface area contributed by atoms with Gasteiger partial charge in [0.1, 0.15) is 12.7 Å². The number of thiophene rings is 1. The highest BCUT2D eigenvalue weighted by atomic mass is 32.1. The van der Waals surface area contributed by atoms with Gasteiger partial charge in [-0.1, -0.05) is 6.32 Å². The number of hydrogen-bond donors (Lipinski definition) is 0. The Bertz CT molecular complexity index is 602. The van der Waals surface area contributed by atoms with E-state index in [1.807, 2.05) is 0 Å². The van der Waals surface area contributed by atoms with Crippen molar-refractivity contribution < 1.29 is 0 Å². The van der Waals surface area contributed by atoms with E-state index in [1.165, 1.54) is 16.9 Å². The molecule has 0 unspecified atom stereocenters. The molecule has 2 heterocycles. The molecule has 0 amide bonds. The van der Waals surface area contributed by atoms with Crippen molar-refractivity contribution in [3.8, 4) is 0 Å². The molecule has 1 aliphatic carbocycles. The van der Waals surface area contributed by atoms with Crippen LogP contribution in [0.1, 0.15) is 16.9 Å². The molecule has 5 heteroatoms. The number of hydrogen-bond acceptors (Lipinski definition) is 3. The van der Waals surface area contributed by atoms with Gasteiger partial charge in [0, 0.05) is 11.4 Å². The fourth-order valence-corrected chi connectivity index (χ4v) is 3.64. The van der Waals surface area contributed by atoms with E-state index in [1.54, 1.807) is 22.2 Å². The van der Waals surface area contributed by atoms with Gasteiger partial charge in [0.15, 0.2) is 0 Å². The summed E-state index contributed by atoms with van der Waals surface area (Å²) in [6, 6.07) is 0. The van der Waals surface area contributed by atoms with Crippen LogP contribution in [0.4, 0.5) is 0 Å². The first-order valence-corrected chi connectivity index (χ1v) is 6.62. The maximum Gasteiger partial charge on any atom is 0.262 e. The molecular formula is C11H13BN2OS. The van der Waals surface area contributed by atoms with E-state index in [-0.39, 0.29) is 5.56 Å². The van der Waals surface area contributed by atoms with E-state index in [9.17, 15) is 4.79 Å². The molecule has 2 aromatic heterocycles. The predicted molar refractivity (Wildman–Crippen MR) is 69.3 cm³/mol. The summed E-state index contributed by atoms with van der Waals surface area (Å²) in [7, 11) is 2.08. The van der Waals surface area contributed by atoms with Crippen LogP contribution in [0.25, 0.3) is 10.2 Å². The van der Waals surface area contributed by atoms with Crippen LogP contribution in [0, 0.1) is 0 Å². The summed E-state index contributed by atoms with van der Waals surface area (Å²) >= 11 is 1.70. The van der Waals surface area contributed by atoms with Crippen LogP contribution in [-0.2, 0) is 19.4 Å². The lowest BCUT2D eigenvalue weighted by molar-refractivity contribution is 0.717. The average Bonchev–Trinajstić information content (AvgIpc) is 2.81. The van der Waals surface area contributed by atoms with Crippen molar-refractivity contribution in [1.29, 1.82) is 0 Å². The zero-order valence-corrected chi connectivity index (χ0v) is 10.1. The minimum Gasteiger partial charge on any atom is -0.299 e. The summed E-state index contributed by atoms with van der Waals surface area (Å²) in [5.74, 6) is 0. The van der Waals surface area contributed by atoms with Crippen molar-refractivity contribution in [3.05, 3.63) is 27.1 Å². The third-order valence-corrected chi connectivity index (χ3v) is 4.36. The summed E-state index contributed by atoms with van der Waals surface area (Å²) in [5.41, 5.74) is 1.44. The van der Waals surface area contributed by atoms with Crippen LogP contribution in [-0.4, -0.2) is 17.4 Å². The van der Waals surface area contributed by atoms with Crippen molar-refractivity contribution in [2.45, 2.75) is 32.1 Å². The van der Waals surface area contributed by atoms with Gasteiger partial charge < -0.3 is 0 Å². The molecule has 1 aliphatic rings. The van der Waals surface area contributed by atoms with Crippen molar-refractivity contribution in [3.63, 3.8) is 0 Å². The van der Waals surface area contributed by atoms with Crippen molar-refractivity contribution >= 4 is 29.4 Å². The Labute approximate surface area is 98.5 Å². The Hall–Kier alpha value is -1.10. The SMILES string of the molecule is BCCn1cnc2sc3c(c2c1=O)CCC3. The molecule has 0 aromatic carbocycles. The highest BCUT2D eigenvalue weighted by molar-refractivity contribution is 7.18. The van der Waals surface area contributed by atoms with Gasteiger partial charge >= 0.3 is 0 Å². The Morgan fingerprint density at radius 3 is 3.19 bits per heavy atom. The van der Waals surface area contributed by atoms with E-state index >= 15 is 0 Å². The molecule has 0 fully saturated rings. The zero-order valence-electron chi connectivity index (χ0n) is 9.32. The van der Waals surface area contributed by atoms with Gasteiger partial charge in [-0.25, -0.2) is 4.98 Å². The van der Waals surface area contributed by atoms with Gasteiger partial charge in [-0.2, -0.15) is 0 Å². The standard InChI is InChI=1S/C11H13BN2OS/c12-4-5-14-6-13-10-9(11(14)15)7-2-1-3-8(7)16-10/h6H,1-5,12H2. The van der Waals surface area contributed by atoms with E-state index in [0.717, 1.165) is 35.9 Å². The van der Waals surface area contributed by atoms with Crippen molar-refractivity contribution in [2.24, 2.45) is 0 Å². The van der Waals surface area contributed by atoms with Crippen LogP contribution >= 0.6 is 11.3 Å². The lowest BCUT2D eigenvalue weighted by atomic mass is 10.1. The highest BCUT2D eigenvalue weighted by Gasteiger charge is 2.20. The topological polar surface area (TPSA) is 34.9 Å². The second kappa shape index (κ2) is 3.73. The second-order valence-corrected chi connectivity index (χ2v) is 5.36. The van der Waals surface area contributed by atoms with Gasteiger partial charge in [0.05, 0.1) is 11.7 Å². The molecule has 0 aliphatic heterocycles. The van der Waals surface area contributed by atoms with E-state index in [4.69, 9.17) is 0 Å². The van der Waals surface area contributed by atoms with Crippen LogP contribution in [0.15, 0.2) is 11.1 Å². The first-order valence-electron chi connectivity index (χ1n) is 5.81. The molecule has 16 heavy (non-hydrogen) atoms. The normalized spacial score (nSPS) is 14.5. The molecule has 3 nitrogen and oxygen atoms in total. The minimum absolute atomic E-state index is 0.159. The molecule has 0 N–H and O–H groups in total. The molecule has 82 valence electrons. The molecule has 3 rings (SSSR count). The molecule has 2 aromatic rings. The number of aryl methyl sites for hydroxylation is 3. The number of nitrogens with zero attached hydrogens (tertiary/aromatic N) is 2. The summed E-state index contributed by atoms with van der Waals surface area (Å²) in [5, 5.41) is 0.897. The highest BCUT2D eigenvalue weighted by Crippen LogP contribution is 2.34. The number of fused-ring (bicyclic) bond motifs is 3. The summed E-state index contributed by atoms with van der Waals surface area (Å²) in [4.78, 5) is 19.0. The Balaban J connectivity index is 2.30. The Morgan fingerprint density at radius 1 is 1.50 bits per heavy atom. The molecule has 0 spiro atoms. The lowest BCUT2D eigenvalue weighted by Gasteiger charge is -2.02. The maximum absolute atomic E-state index is 12.3. The molecular weight excluding hydrogens is 219 g/mol. The van der Waals surface area contributed by atoms with Crippen molar-refractivity contribution in [2.75, 3.05) is 0 Å². The predicted octanol–water partition coefficient (Wildman–Crippen LogP) is 0.998. The molecule has 0 atom stereocenters. The fraction of sp³-hybridized carbons (Fsp3) is 0.455.